The lowest BCUT2D eigenvalue weighted by molar-refractivity contribution is 0.0447. The molecule has 1 aliphatic rings. The molecule has 0 unspecified atom stereocenters. The molecule has 27 heavy (non-hydrogen) atoms. The summed E-state index contributed by atoms with van der Waals surface area (Å²) in [6.45, 7) is 1.02. The average molecular weight is 385 g/mol. The molecule has 1 aliphatic heterocycles. The highest BCUT2D eigenvalue weighted by atomic mass is 32.2. The quantitative estimate of drug-likeness (QED) is 0.628. The number of nitrogens with zero attached hydrogens (tertiary/aromatic N) is 1. The number of hydrogen-bond donors (Lipinski definition) is 0. The van der Waals surface area contributed by atoms with E-state index in [1.54, 1.807) is 12.1 Å². The molecule has 1 aromatic heterocycles. The first-order chi connectivity index (χ1) is 13.0. The van der Waals surface area contributed by atoms with Crippen molar-refractivity contribution < 1.29 is 22.4 Å². The van der Waals surface area contributed by atoms with E-state index in [0.29, 0.717) is 18.8 Å². The van der Waals surface area contributed by atoms with Gasteiger partial charge in [0.15, 0.2) is 0 Å². The molecule has 2 heterocycles. The second kappa shape index (κ2) is 7.17. The Balaban J connectivity index is 1.48. The number of benzene rings is 2. The lowest BCUT2D eigenvalue weighted by Gasteiger charge is -2.15. The molecule has 0 aliphatic carbocycles. The van der Waals surface area contributed by atoms with Crippen molar-refractivity contribution in [3.8, 4) is 0 Å². The Morgan fingerprint density at radius 3 is 2.59 bits per heavy atom. The largest absolute Gasteiger partial charge is 0.457 e. The maximum Gasteiger partial charge on any atom is 0.338 e. The summed E-state index contributed by atoms with van der Waals surface area (Å²) in [5.41, 5.74) is 0.925. The Morgan fingerprint density at radius 1 is 1.04 bits per heavy atom. The van der Waals surface area contributed by atoms with Gasteiger partial charge >= 0.3 is 5.97 Å². The van der Waals surface area contributed by atoms with Gasteiger partial charge in [-0.3, -0.25) is 0 Å². The van der Waals surface area contributed by atoms with Crippen LogP contribution in [0.3, 0.4) is 0 Å². The maximum atomic E-state index is 12.6. The van der Waals surface area contributed by atoms with Crippen molar-refractivity contribution in [1.82, 2.24) is 4.31 Å². The van der Waals surface area contributed by atoms with Crippen molar-refractivity contribution in [2.75, 3.05) is 13.1 Å². The van der Waals surface area contributed by atoms with Crippen molar-refractivity contribution in [2.45, 2.75) is 24.3 Å². The lowest BCUT2D eigenvalue weighted by atomic mass is 10.2. The number of ether oxygens (including phenoxy) is 1. The van der Waals surface area contributed by atoms with E-state index in [-0.39, 0.29) is 17.1 Å². The van der Waals surface area contributed by atoms with E-state index in [2.05, 4.69) is 0 Å². The van der Waals surface area contributed by atoms with Crippen LogP contribution >= 0.6 is 0 Å². The predicted octanol–water partition coefficient (Wildman–Crippen LogP) is 3.57. The summed E-state index contributed by atoms with van der Waals surface area (Å²) >= 11 is 0. The van der Waals surface area contributed by atoms with Gasteiger partial charge in [0.25, 0.3) is 0 Å². The summed E-state index contributed by atoms with van der Waals surface area (Å²) in [5, 5.41) is 0.933. The molecule has 2 aromatic carbocycles. The van der Waals surface area contributed by atoms with Crippen LogP contribution < -0.4 is 0 Å². The van der Waals surface area contributed by atoms with E-state index in [0.717, 1.165) is 23.8 Å². The van der Waals surface area contributed by atoms with Gasteiger partial charge in [0, 0.05) is 18.5 Å². The summed E-state index contributed by atoms with van der Waals surface area (Å²) in [6.07, 6.45) is 1.72. The van der Waals surface area contributed by atoms with Crippen LogP contribution in [-0.4, -0.2) is 31.8 Å². The second-order valence-electron chi connectivity index (χ2n) is 6.47. The molecule has 0 spiro atoms. The molecule has 0 amide bonds. The van der Waals surface area contributed by atoms with Crippen LogP contribution in [0.4, 0.5) is 0 Å². The minimum absolute atomic E-state index is 0.0172. The summed E-state index contributed by atoms with van der Waals surface area (Å²) in [7, 11) is -3.57. The Kier molecular flexibility index (Phi) is 4.72. The van der Waals surface area contributed by atoms with Gasteiger partial charge in [-0.05, 0) is 43.2 Å². The molecular formula is C20H19NO5S. The van der Waals surface area contributed by atoms with Crippen LogP contribution in [0.5, 0.6) is 0 Å². The maximum absolute atomic E-state index is 12.6. The Labute approximate surface area is 157 Å². The third-order valence-electron chi connectivity index (χ3n) is 4.59. The van der Waals surface area contributed by atoms with Crippen molar-refractivity contribution >= 4 is 27.0 Å². The van der Waals surface area contributed by atoms with Crippen LogP contribution in [0, 0.1) is 0 Å². The van der Waals surface area contributed by atoms with Gasteiger partial charge in [-0.2, -0.15) is 4.31 Å². The molecule has 0 radical (unpaired) electrons. The topological polar surface area (TPSA) is 76.8 Å². The van der Waals surface area contributed by atoms with E-state index in [4.69, 9.17) is 9.15 Å². The van der Waals surface area contributed by atoms with E-state index in [1.165, 1.54) is 16.4 Å². The van der Waals surface area contributed by atoms with Crippen LogP contribution in [0.1, 0.15) is 29.0 Å². The number of carbonyl (C=O) groups is 1. The standard InChI is InChI=1S/C20H19NO5S/c22-20(25-14-17-12-15-6-1-2-9-19(15)26-17)16-7-5-8-18(13-16)27(23,24)21-10-3-4-11-21/h1-2,5-9,12-13H,3-4,10-11,14H2. The van der Waals surface area contributed by atoms with Gasteiger partial charge in [0.2, 0.25) is 10.0 Å². The lowest BCUT2D eigenvalue weighted by Crippen LogP contribution is -2.28. The number of para-hydroxylation sites is 1. The second-order valence-corrected chi connectivity index (χ2v) is 8.40. The molecule has 0 saturated carbocycles. The molecule has 0 N–H and O–H groups in total. The molecule has 0 bridgehead atoms. The first-order valence-corrected chi connectivity index (χ1v) is 10.2. The first kappa shape index (κ1) is 17.8. The highest BCUT2D eigenvalue weighted by molar-refractivity contribution is 7.89. The van der Waals surface area contributed by atoms with Crippen LogP contribution in [-0.2, 0) is 21.4 Å². The van der Waals surface area contributed by atoms with Gasteiger partial charge in [-0.1, -0.05) is 24.3 Å². The molecular weight excluding hydrogens is 366 g/mol. The highest BCUT2D eigenvalue weighted by Gasteiger charge is 2.27. The zero-order valence-corrected chi connectivity index (χ0v) is 15.4. The van der Waals surface area contributed by atoms with E-state index >= 15 is 0 Å². The minimum Gasteiger partial charge on any atom is -0.457 e. The van der Waals surface area contributed by atoms with Crippen molar-refractivity contribution in [3.63, 3.8) is 0 Å². The van der Waals surface area contributed by atoms with Crippen molar-refractivity contribution in [2.24, 2.45) is 0 Å². The SMILES string of the molecule is O=C(OCc1cc2ccccc2o1)c1cccc(S(=O)(=O)N2CCCC2)c1. The number of carbonyl (C=O) groups excluding carboxylic acids is 1. The average Bonchev–Trinajstić information content (AvgIpc) is 3.36. The molecule has 140 valence electrons. The number of fused-ring (bicyclic) bond motifs is 1. The zero-order valence-electron chi connectivity index (χ0n) is 14.6. The number of rotatable bonds is 5. The third-order valence-corrected chi connectivity index (χ3v) is 6.49. The molecule has 0 atom stereocenters. The van der Waals surface area contributed by atoms with Gasteiger partial charge in [-0.15, -0.1) is 0 Å². The Morgan fingerprint density at radius 2 is 1.81 bits per heavy atom. The van der Waals surface area contributed by atoms with Gasteiger partial charge in [0.05, 0.1) is 10.5 Å². The molecule has 7 heteroatoms. The smallest absolute Gasteiger partial charge is 0.338 e. The fourth-order valence-corrected chi connectivity index (χ4v) is 4.75. The van der Waals surface area contributed by atoms with Gasteiger partial charge in [0.1, 0.15) is 18.0 Å². The summed E-state index contributed by atoms with van der Waals surface area (Å²) in [4.78, 5) is 12.5. The van der Waals surface area contributed by atoms with E-state index < -0.39 is 16.0 Å². The Bertz CT molecular complexity index is 1050. The third kappa shape index (κ3) is 3.61. The minimum atomic E-state index is -3.57. The molecule has 3 aromatic rings. The zero-order chi connectivity index (χ0) is 18.9. The molecule has 4 rings (SSSR count). The van der Waals surface area contributed by atoms with Crippen LogP contribution in [0.25, 0.3) is 11.0 Å². The molecule has 6 nitrogen and oxygen atoms in total. The number of sulfonamides is 1. The summed E-state index contributed by atoms with van der Waals surface area (Å²) in [6, 6.07) is 15.3. The number of esters is 1. The number of hydrogen-bond acceptors (Lipinski definition) is 5. The first-order valence-electron chi connectivity index (χ1n) is 8.79. The normalized spacial score (nSPS) is 15.3. The van der Waals surface area contributed by atoms with Crippen molar-refractivity contribution in [3.05, 3.63) is 65.9 Å². The fourth-order valence-electron chi connectivity index (χ4n) is 3.19. The fraction of sp³-hybridized carbons (Fsp3) is 0.250. The van der Waals surface area contributed by atoms with E-state index in [9.17, 15) is 13.2 Å². The monoisotopic (exact) mass is 385 g/mol. The molecule has 1 saturated heterocycles. The van der Waals surface area contributed by atoms with E-state index in [1.807, 2.05) is 30.3 Å². The Hall–Kier alpha value is -2.64. The van der Waals surface area contributed by atoms with Crippen LogP contribution in [0.15, 0.2) is 63.9 Å². The number of furan rings is 1. The van der Waals surface area contributed by atoms with Gasteiger partial charge < -0.3 is 9.15 Å². The summed E-state index contributed by atoms with van der Waals surface area (Å²) in [5.74, 6) is -0.0562. The molecule has 1 fully saturated rings. The van der Waals surface area contributed by atoms with Gasteiger partial charge in [-0.25, -0.2) is 13.2 Å². The van der Waals surface area contributed by atoms with Crippen molar-refractivity contribution in [1.29, 1.82) is 0 Å². The summed E-state index contributed by atoms with van der Waals surface area (Å²) < 4.78 is 37.7. The predicted molar refractivity (Wildman–Crippen MR) is 99.8 cm³/mol. The van der Waals surface area contributed by atoms with Crippen LogP contribution in [0.2, 0.25) is 0 Å². The highest BCUT2D eigenvalue weighted by Crippen LogP contribution is 2.23.